The predicted octanol–water partition coefficient (Wildman–Crippen LogP) is 1.99. The zero-order chi connectivity index (χ0) is 12.5. The third-order valence-corrected chi connectivity index (χ3v) is 3.65. The molecule has 1 aromatic carbocycles. The van der Waals surface area contributed by atoms with Crippen LogP contribution in [0, 0.1) is 5.92 Å². The lowest BCUT2D eigenvalue weighted by Gasteiger charge is -2.20. The summed E-state index contributed by atoms with van der Waals surface area (Å²) in [7, 11) is 0. The Morgan fingerprint density at radius 2 is 2.06 bits per heavy atom. The van der Waals surface area contributed by atoms with E-state index in [1.165, 1.54) is 6.42 Å². The largest absolute Gasteiger partial charge is 0.326 e. The molecule has 0 fully saturated rings. The molecule has 0 aliphatic carbocycles. The highest BCUT2D eigenvalue weighted by atomic mass is 15.3. The maximum absolute atomic E-state index is 5.61. The quantitative estimate of drug-likeness (QED) is 0.876. The van der Waals surface area contributed by atoms with Crippen molar-refractivity contribution < 1.29 is 0 Å². The van der Waals surface area contributed by atoms with E-state index in [4.69, 9.17) is 5.73 Å². The molecule has 1 atom stereocenters. The number of hydrogen-bond acceptors (Lipinski definition) is 3. The molecule has 4 heteroatoms. The summed E-state index contributed by atoms with van der Waals surface area (Å²) < 4.78 is 2.25. The second kappa shape index (κ2) is 4.53. The van der Waals surface area contributed by atoms with Crippen molar-refractivity contribution in [3.8, 4) is 11.4 Å². The monoisotopic (exact) mass is 242 g/mol. The number of fused-ring (bicyclic) bond motifs is 1. The van der Waals surface area contributed by atoms with Gasteiger partial charge in [0.2, 0.25) is 0 Å². The molecule has 0 saturated heterocycles. The maximum atomic E-state index is 5.61. The van der Waals surface area contributed by atoms with Crippen LogP contribution in [-0.2, 0) is 19.5 Å². The number of aromatic nitrogens is 3. The van der Waals surface area contributed by atoms with Crippen LogP contribution in [0.1, 0.15) is 24.7 Å². The van der Waals surface area contributed by atoms with Gasteiger partial charge in [-0.25, -0.2) is 0 Å². The Morgan fingerprint density at radius 1 is 1.28 bits per heavy atom. The number of benzene rings is 1. The molecule has 0 amide bonds. The highest BCUT2D eigenvalue weighted by molar-refractivity contribution is 5.56. The minimum Gasteiger partial charge on any atom is -0.326 e. The number of nitrogens with two attached hydrogens (primary N) is 1. The highest BCUT2D eigenvalue weighted by Gasteiger charge is 2.20. The van der Waals surface area contributed by atoms with Crippen molar-refractivity contribution in [2.24, 2.45) is 11.7 Å². The van der Waals surface area contributed by atoms with Crippen LogP contribution in [0.2, 0.25) is 0 Å². The van der Waals surface area contributed by atoms with E-state index in [1.54, 1.807) is 0 Å². The van der Waals surface area contributed by atoms with E-state index in [-0.39, 0.29) is 0 Å². The lowest BCUT2D eigenvalue weighted by molar-refractivity contribution is 0.411. The van der Waals surface area contributed by atoms with Crippen molar-refractivity contribution >= 4 is 0 Å². The van der Waals surface area contributed by atoms with Gasteiger partial charge in [-0.3, -0.25) is 0 Å². The second-order valence-electron chi connectivity index (χ2n) is 5.09. The average Bonchev–Trinajstić information content (AvgIpc) is 2.81. The average molecular weight is 242 g/mol. The minimum atomic E-state index is 0.579. The van der Waals surface area contributed by atoms with Crippen molar-refractivity contribution in [1.29, 1.82) is 0 Å². The van der Waals surface area contributed by atoms with Crippen LogP contribution in [0.25, 0.3) is 11.4 Å². The van der Waals surface area contributed by atoms with E-state index in [0.717, 1.165) is 35.7 Å². The summed E-state index contributed by atoms with van der Waals surface area (Å²) in [6.07, 6.45) is 2.24. The summed E-state index contributed by atoms with van der Waals surface area (Å²) in [4.78, 5) is 0. The molecule has 18 heavy (non-hydrogen) atoms. The first-order valence-electron chi connectivity index (χ1n) is 6.49. The normalized spacial score (nSPS) is 18.7. The van der Waals surface area contributed by atoms with Crippen LogP contribution < -0.4 is 5.73 Å². The Bertz CT molecular complexity index is 541. The lowest BCUT2D eigenvalue weighted by atomic mass is 10.00. The fourth-order valence-electron chi connectivity index (χ4n) is 2.49. The number of rotatable bonds is 2. The van der Waals surface area contributed by atoms with Gasteiger partial charge in [-0.1, -0.05) is 31.2 Å². The van der Waals surface area contributed by atoms with E-state index < -0.39 is 0 Å². The molecule has 2 aromatic rings. The van der Waals surface area contributed by atoms with Gasteiger partial charge in [0.25, 0.3) is 0 Å². The SMILES string of the molecule is CC1CCn2c(nnc2-c2ccc(CN)cc2)C1. The Hall–Kier alpha value is -1.68. The van der Waals surface area contributed by atoms with Gasteiger partial charge < -0.3 is 10.3 Å². The molecule has 94 valence electrons. The molecular formula is C14H18N4. The molecule has 0 bridgehead atoms. The van der Waals surface area contributed by atoms with E-state index >= 15 is 0 Å². The van der Waals surface area contributed by atoms with Crippen molar-refractivity contribution in [3.63, 3.8) is 0 Å². The zero-order valence-electron chi connectivity index (χ0n) is 10.6. The molecule has 1 aliphatic heterocycles. The van der Waals surface area contributed by atoms with Gasteiger partial charge in [0.1, 0.15) is 5.82 Å². The summed E-state index contributed by atoms with van der Waals surface area (Å²) >= 11 is 0. The molecule has 1 aromatic heterocycles. The van der Waals surface area contributed by atoms with Gasteiger partial charge in [0, 0.05) is 25.1 Å². The molecule has 0 spiro atoms. The van der Waals surface area contributed by atoms with E-state index in [1.807, 2.05) is 0 Å². The Labute approximate surface area is 107 Å². The van der Waals surface area contributed by atoms with Crippen LogP contribution in [0.15, 0.2) is 24.3 Å². The first kappa shape index (κ1) is 11.4. The molecule has 1 unspecified atom stereocenters. The van der Waals surface area contributed by atoms with Crippen LogP contribution in [0.3, 0.4) is 0 Å². The smallest absolute Gasteiger partial charge is 0.163 e. The molecule has 3 rings (SSSR count). The third kappa shape index (κ3) is 1.93. The Kier molecular flexibility index (Phi) is 2.88. The van der Waals surface area contributed by atoms with Crippen LogP contribution in [0.4, 0.5) is 0 Å². The van der Waals surface area contributed by atoms with E-state index in [9.17, 15) is 0 Å². The van der Waals surface area contributed by atoms with E-state index in [2.05, 4.69) is 46.0 Å². The molecule has 0 saturated carbocycles. The van der Waals surface area contributed by atoms with Crippen molar-refractivity contribution in [2.45, 2.75) is 32.9 Å². The molecular weight excluding hydrogens is 224 g/mol. The van der Waals surface area contributed by atoms with Gasteiger partial charge in [0.15, 0.2) is 5.82 Å². The second-order valence-corrected chi connectivity index (χ2v) is 5.09. The van der Waals surface area contributed by atoms with Crippen molar-refractivity contribution in [3.05, 3.63) is 35.7 Å². The molecule has 2 N–H and O–H groups in total. The standard InChI is InChI=1S/C14H18N4/c1-10-6-7-18-13(8-10)16-17-14(18)12-4-2-11(9-15)3-5-12/h2-5,10H,6-9,15H2,1H3. The third-order valence-electron chi connectivity index (χ3n) is 3.65. The fraction of sp³-hybridized carbons (Fsp3) is 0.429. The topological polar surface area (TPSA) is 56.7 Å². The van der Waals surface area contributed by atoms with Gasteiger partial charge in [0.05, 0.1) is 0 Å². The molecule has 0 radical (unpaired) electrons. The fourth-order valence-corrected chi connectivity index (χ4v) is 2.49. The molecule has 2 heterocycles. The summed E-state index contributed by atoms with van der Waals surface area (Å²) in [5.74, 6) is 2.82. The summed E-state index contributed by atoms with van der Waals surface area (Å²) in [6, 6.07) is 8.28. The molecule has 4 nitrogen and oxygen atoms in total. The van der Waals surface area contributed by atoms with Crippen molar-refractivity contribution in [1.82, 2.24) is 14.8 Å². The van der Waals surface area contributed by atoms with E-state index in [0.29, 0.717) is 12.5 Å². The predicted molar refractivity (Wildman–Crippen MR) is 70.8 cm³/mol. The van der Waals surface area contributed by atoms with Gasteiger partial charge in [-0.05, 0) is 17.9 Å². The van der Waals surface area contributed by atoms with Crippen LogP contribution in [-0.4, -0.2) is 14.8 Å². The van der Waals surface area contributed by atoms with Crippen molar-refractivity contribution in [2.75, 3.05) is 0 Å². The lowest BCUT2D eigenvalue weighted by Crippen LogP contribution is -2.17. The number of hydrogen-bond donors (Lipinski definition) is 1. The first-order valence-corrected chi connectivity index (χ1v) is 6.49. The first-order chi connectivity index (χ1) is 8.78. The van der Waals surface area contributed by atoms with Gasteiger partial charge >= 0.3 is 0 Å². The summed E-state index contributed by atoms with van der Waals surface area (Å²) in [5, 5.41) is 8.65. The van der Waals surface area contributed by atoms with Crippen LogP contribution >= 0.6 is 0 Å². The zero-order valence-corrected chi connectivity index (χ0v) is 10.6. The summed E-state index contributed by atoms with van der Waals surface area (Å²) in [6.45, 7) is 3.88. The Balaban J connectivity index is 1.97. The highest BCUT2D eigenvalue weighted by Crippen LogP contribution is 2.25. The van der Waals surface area contributed by atoms with Gasteiger partial charge in [-0.15, -0.1) is 10.2 Å². The summed E-state index contributed by atoms with van der Waals surface area (Å²) in [5.41, 5.74) is 7.88. The number of nitrogens with zero attached hydrogens (tertiary/aromatic N) is 3. The van der Waals surface area contributed by atoms with Crippen LogP contribution in [0.5, 0.6) is 0 Å². The minimum absolute atomic E-state index is 0.579. The maximum Gasteiger partial charge on any atom is 0.163 e. The molecule has 1 aliphatic rings. The van der Waals surface area contributed by atoms with Gasteiger partial charge in [-0.2, -0.15) is 0 Å². The Morgan fingerprint density at radius 3 is 2.78 bits per heavy atom.